The maximum absolute atomic E-state index is 12.2. The molecule has 6 nitrogen and oxygen atoms in total. The van der Waals surface area contributed by atoms with Gasteiger partial charge < -0.3 is 14.8 Å². The summed E-state index contributed by atoms with van der Waals surface area (Å²) in [6.07, 6.45) is 0.818. The summed E-state index contributed by atoms with van der Waals surface area (Å²) in [5.41, 5.74) is 3.18. The summed E-state index contributed by atoms with van der Waals surface area (Å²) in [6.45, 7) is 4.27. The predicted molar refractivity (Wildman–Crippen MR) is 83.4 cm³/mol. The van der Waals surface area contributed by atoms with Crippen molar-refractivity contribution in [3.05, 3.63) is 40.7 Å². The molecular weight excluding hydrogens is 282 g/mol. The summed E-state index contributed by atoms with van der Waals surface area (Å²) in [5.74, 6) is 1.18. The van der Waals surface area contributed by atoms with Crippen molar-refractivity contribution in [2.45, 2.75) is 26.8 Å². The molecular formula is C16H21N3O3. The van der Waals surface area contributed by atoms with Gasteiger partial charge in [0, 0.05) is 29.4 Å². The third kappa shape index (κ3) is 3.21. The van der Waals surface area contributed by atoms with Crippen molar-refractivity contribution in [1.29, 1.82) is 0 Å². The summed E-state index contributed by atoms with van der Waals surface area (Å²) in [6, 6.07) is 5.49. The van der Waals surface area contributed by atoms with Crippen molar-refractivity contribution in [3.63, 3.8) is 0 Å². The number of aromatic amines is 1. The molecule has 118 valence electrons. The van der Waals surface area contributed by atoms with Crippen LogP contribution in [-0.2, 0) is 13.0 Å². The molecule has 1 heterocycles. The molecule has 0 saturated carbocycles. The lowest BCUT2D eigenvalue weighted by Crippen LogP contribution is -2.24. The van der Waals surface area contributed by atoms with E-state index in [2.05, 4.69) is 15.5 Å². The Labute approximate surface area is 129 Å². The van der Waals surface area contributed by atoms with Gasteiger partial charge in [-0.15, -0.1) is 0 Å². The number of H-pyrrole nitrogens is 1. The van der Waals surface area contributed by atoms with E-state index in [1.807, 2.05) is 26.0 Å². The van der Waals surface area contributed by atoms with Gasteiger partial charge in [0.1, 0.15) is 11.5 Å². The van der Waals surface area contributed by atoms with Crippen LogP contribution < -0.4 is 14.8 Å². The zero-order valence-corrected chi connectivity index (χ0v) is 13.3. The molecule has 0 spiro atoms. The Hall–Kier alpha value is -2.50. The Morgan fingerprint density at radius 2 is 2.09 bits per heavy atom. The molecule has 1 aromatic heterocycles. The van der Waals surface area contributed by atoms with E-state index in [9.17, 15) is 4.79 Å². The average molecular weight is 303 g/mol. The highest BCUT2D eigenvalue weighted by atomic mass is 16.5. The third-order valence-electron chi connectivity index (χ3n) is 3.61. The summed E-state index contributed by atoms with van der Waals surface area (Å²) >= 11 is 0. The van der Waals surface area contributed by atoms with Crippen molar-refractivity contribution in [2.75, 3.05) is 14.2 Å². The Kier molecular flexibility index (Phi) is 5.04. The molecule has 0 aliphatic rings. The van der Waals surface area contributed by atoms with Gasteiger partial charge in [-0.2, -0.15) is 5.10 Å². The number of carbonyl (C=O) groups excluding carboxylic acids is 1. The lowest BCUT2D eigenvalue weighted by Gasteiger charge is -2.11. The van der Waals surface area contributed by atoms with Gasteiger partial charge in [-0.3, -0.25) is 9.89 Å². The number of nitrogens with zero attached hydrogens (tertiary/aromatic N) is 1. The number of aromatic nitrogens is 2. The van der Waals surface area contributed by atoms with Crippen molar-refractivity contribution in [3.8, 4) is 11.5 Å². The van der Waals surface area contributed by atoms with Gasteiger partial charge in [-0.1, -0.05) is 6.92 Å². The van der Waals surface area contributed by atoms with Crippen LogP contribution in [0.3, 0.4) is 0 Å². The quantitative estimate of drug-likeness (QED) is 0.858. The fourth-order valence-electron chi connectivity index (χ4n) is 2.26. The van der Waals surface area contributed by atoms with Crippen LogP contribution in [0.1, 0.15) is 34.2 Å². The Balaban J connectivity index is 2.09. The highest BCUT2D eigenvalue weighted by Crippen LogP contribution is 2.24. The minimum absolute atomic E-state index is 0.202. The first-order valence-corrected chi connectivity index (χ1v) is 7.13. The van der Waals surface area contributed by atoms with Gasteiger partial charge in [0.05, 0.1) is 14.2 Å². The minimum Gasteiger partial charge on any atom is -0.497 e. The molecule has 0 atom stereocenters. The van der Waals surface area contributed by atoms with E-state index in [0.29, 0.717) is 23.7 Å². The largest absolute Gasteiger partial charge is 0.497 e. The molecule has 6 heteroatoms. The van der Waals surface area contributed by atoms with E-state index >= 15 is 0 Å². The Morgan fingerprint density at radius 1 is 1.32 bits per heavy atom. The summed E-state index contributed by atoms with van der Waals surface area (Å²) in [7, 11) is 3.19. The molecule has 1 amide bonds. The van der Waals surface area contributed by atoms with Crippen LogP contribution in [0.25, 0.3) is 0 Å². The lowest BCUT2D eigenvalue weighted by molar-refractivity contribution is 0.0945. The number of hydrogen-bond acceptors (Lipinski definition) is 4. The minimum atomic E-state index is -0.202. The van der Waals surface area contributed by atoms with Crippen LogP contribution in [0.15, 0.2) is 18.2 Å². The van der Waals surface area contributed by atoms with Gasteiger partial charge in [-0.05, 0) is 25.5 Å². The van der Waals surface area contributed by atoms with Crippen LogP contribution >= 0.6 is 0 Å². The normalized spacial score (nSPS) is 10.4. The number of amides is 1. The molecule has 0 fully saturated rings. The van der Waals surface area contributed by atoms with Gasteiger partial charge in [-0.25, -0.2) is 0 Å². The summed E-state index contributed by atoms with van der Waals surface area (Å²) in [4.78, 5) is 12.2. The first-order valence-electron chi connectivity index (χ1n) is 7.13. The molecule has 22 heavy (non-hydrogen) atoms. The fourth-order valence-corrected chi connectivity index (χ4v) is 2.26. The van der Waals surface area contributed by atoms with Crippen molar-refractivity contribution in [1.82, 2.24) is 15.5 Å². The third-order valence-corrected chi connectivity index (χ3v) is 3.61. The number of aryl methyl sites for hydroxylation is 1. The molecule has 2 rings (SSSR count). The second-order valence-electron chi connectivity index (χ2n) is 4.89. The fraction of sp³-hybridized carbons (Fsp3) is 0.375. The molecule has 0 unspecified atom stereocenters. The molecule has 2 aromatic rings. The van der Waals surface area contributed by atoms with E-state index in [1.54, 1.807) is 20.3 Å². The van der Waals surface area contributed by atoms with Crippen molar-refractivity contribution < 1.29 is 14.3 Å². The number of nitrogens with one attached hydrogen (secondary N) is 2. The Morgan fingerprint density at radius 3 is 2.68 bits per heavy atom. The number of rotatable bonds is 6. The maximum atomic E-state index is 12.2. The smallest absolute Gasteiger partial charge is 0.272 e. The van der Waals surface area contributed by atoms with Crippen molar-refractivity contribution >= 4 is 5.91 Å². The monoisotopic (exact) mass is 303 g/mol. The van der Waals surface area contributed by atoms with E-state index in [4.69, 9.17) is 9.47 Å². The summed E-state index contributed by atoms with van der Waals surface area (Å²) < 4.78 is 10.5. The van der Waals surface area contributed by atoms with E-state index in [0.717, 1.165) is 23.2 Å². The first-order chi connectivity index (χ1) is 10.6. The zero-order chi connectivity index (χ0) is 16.1. The molecule has 1 aromatic carbocycles. The Bertz CT molecular complexity index is 665. The van der Waals surface area contributed by atoms with Crippen LogP contribution in [0.5, 0.6) is 11.5 Å². The van der Waals surface area contributed by atoms with E-state index in [1.165, 1.54) is 0 Å². The van der Waals surface area contributed by atoms with E-state index < -0.39 is 0 Å². The molecule has 2 N–H and O–H groups in total. The molecule has 0 aliphatic heterocycles. The van der Waals surface area contributed by atoms with Gasteiger partial charge in [0.25, 0.3) is 5.91 Å². The first kappa shape index (κ1) is 15.9. The SMILES string of the molecule is CCc1[nH]nc(C(=O)NCc2ccc(OC)cc2OC)c1C. The second-order valence-corrected chi connectivity index (χ2v) is 4.89. The number of carbonyl (C=O) groups is 1. The van der Waals surface area contributed by atoms with Crippen molar-refractivity contribution in [2.24, 2.45) is 0 Å². The van der Waals surface area contributed by atoms with Gasteiger partial charge >= 0.3 is 0 Å². The highest BCUT2D eigenvalue weighted by molar-refractivity contribution is 5.93. The number of ether oxygens (including phenoxy) is 2. The molecule has 0 radical (unpaired) electrons. The van der Waals surface area contributed by atoms with E-state index in [-0.39, 0.29) is 5.91 Å². The number of methoxy groups -OCH3 is 2. The lowest BCUT2D eigenvalue weighted by atomic mass is 10.1. The molecule has 0 aliphatic carbocycles. The maximum Gasteiger partial charge on any atom is 0.272 e. The standard InChI is InChI=1S/C16H21N3O3/c1-5-13-10(2)15(19-18-13)16(20)17-9-11-6-7-12(21-3)8-14(11)22-4/h6-8H,5,9H2,1-4H3,(H,17,20)(H,18,19). The van der Waals surface area contributed by atoms with Crippen LogP contribution in [0.4, 0.5) is 0 Å². The van der Waals surface area contributed by atoms with Gasteiger partial charge in [0.15, 0.2) is 5.69 Å². The molecule has 0 saturated heterocycles. The van der Waals surface area contributed by atoms with Gasteiger partial charge in [0.2, 0.25) is 0 Å². The van der Waals surface area contributed by atoms with Crippen LogP contribution in [0, 0.1) is 6.92 Å². The number of benzene rings is 1. The van der Waals surface area contributed by atoms with Crippen LogP contribution in [0.2, 0.25) is 0 Å². The highest BCUT2D eigenvalue weighted by Gasteiger charge is 2.15. The predicted octanol–water partition coefficient (Wildman–Crippen LogP) is 2.23. The van der Waals surface area contributed by atoms with Crippen LogP contribution in [-0.4, -0.2) is 30.3 Å². The zero-order valence-electron chi connectivity index (χ0n) is 13.3. The average Bonchev–Trinajstić information content (AvgIpc) is 2.93. The molecule has 0 bridgehead atoms. The topological polar surface area (TPSA) is 76.2 Å². The second kappa shape index (κ2) is 6.98. The summed E-state index contributed by atoms with van der Waals surface area (Å²) in [5, 5.41) is 9.83. The number of hydrogen-bond donors (Lipinski definition) is 2.